The highest BCUT2D eigenvalue weighted by Crippen LogP contribution is 2.41. The number of nitrogens with one attached hydrogen (secondary N) is 1. The molecule has 3 aromatic rings. The van der Waals surface area contributed by atoms with Gasteiger partial charge in [-0.1, -0.05) is 17.8 Å². The second kappa shape index (κ2) is 8.86. The molecule has 0 radical (unpaired) electrons. The van der Waals surface area contributed by atoms with E-state index in [1.54, 1.807) is 4.68 Å². The molecule has 2 aromatic heterocycles. The molecule has 2 aliphatic rings. The molecule has 0 bridgehead atoms. The standard InChI is InChI=1S/C22H28FN9S/c1-12-9-14(10-13(2)31(12)16-7-8-16)19-18(23)20(24)27-21(26-19)25-15-5-4-6-17(11-15)32-22(33-3)28-29-30-32/h4-6,11-14,16H,7-10H2,1-3H3,(H3,24,25,26,27). The van der Waals surface area contributed by atoms with Gasteiger partial charge in [0.05, 0.1) is 11.4 Å². The Morgan fingerprint density at radius 2 is 1.91 bits per heavy atom. The number of hydrogen-bond acceptors (Lipinski definition) is 9. The number of nitrogens with two attached hydrogens (primary N) is 1. The fourth-order valence-electron chi connectivity index (χ4n) is 5.04. The fourth-order valence-corrected chi connectivity index (χ4v) is 5.47. The van der Waals surface area contributed by atoms with E-state index in [9.17, 15) is 0 Å². The minimum absolute atomic E-state index is 0.00699. The van der Waals surface area contributed by atoms with Gasteiger partial charge in [-0.05, 0) is 74.4 Å². The lowest BCUT2D eigenvalue weighted by Gasteiger charge is -2.43. The SMILES string of the molecule is CSc1nnnn1-c1cccc(Nc2nc(N)c(F)c(C3CC(C)N(C4CC4)C(C)C3)n2)c1. The number of rotatable bonds is 6. The maximum Gasteiger partial charge on any atom is 0.229 e. The molecule has 1 saturated carbocycles. The van der Waals surface area contributed by atoms with Crippen molar-refractivity contribution in [2.24, 2.45) is 0 Å². The smallest absolute Gasteiger partial charge is 0.229 e. The summed E-state index contributed by atoms with van der Waals surface area (Å²) in [7, 11) is 0. The summed E-state index contributed by atoms with van der Waals surface area (Å²) in [6.45, 7) is 4.46. The Morgan fingerprint density at radius 3 is 2.61 bits per heavy atom. The van der Waals surface area contributed by atoms with E-state index in [1.807, 2.05) is 30.5 Å². The van der Waals surface area contributed by atoms with Crippen molar-refractivity contribution in [2.75, 3.05) is 17.3 Å². The number of likely N-dealkylation sites (tertiary alicyclic amines) is 1. The van der Waals surface area contributed by atoms with Crippen molar-refractivity contribution in [3.8, 4) is 5.69 Å². The molecular formula is C22H28FN9S. The van der Waals surface area contributed by atoms with E-state index in [0.717, 1.165) is 24.2 Å². The summed E-state index contributed by atoms with van der Waals surface area (Å²) in [5.74, 6) is -0.342. The van der Waals surface area contributed by atoms with Crippen molar-refractivity contribution in [1.29, 1.82) is 0 Å². The van der Waals surface area contributed by atoms with Gasteiger partial charge in [0.2, 0.25) is 11.1 Å². The molecule has 1 aliphatic heterocycles. The molecule has 2 fully saturated rings. The molecule has 2 unspecified atom stereocenters. The van der Waals surface area contributed by atoms with Gasteiger partial charge in [-0.2, -0.15) is 9.67 Å². The zero-order chi connectivity index (χ0) is 23.1. The number of nitrogen functional groups attached to an aromatic ring is 1. The molecule has 33 heavy (non-hydrogen) atoms. The van der Waals surface area contributed by atoms with E-state index in [-0.39, 0.29) is 17.7 Å². The molecule has 1 aromatic carbocycles. The van der Waals surface area contributed by atoms with Crippen molar-refractivity contribution < 1.29 is 4.39 Å². The molecule has 0 amide bonds. The van der Waals surface area contributed by atoms with Crippen molar-refractivity contribution in [3.63, 3.8) is 0 Å². The van der Waals surface area contributed by atoms with Gasteiger partial charge < -0.3 is 11.1 Å². The minimum atomic E-state index is -0.503. The van der Waals surface area contributed by atoms with Gasteiger partial charge in [0.1, 0.15) is 0 Å². The molecule has 9 nitrogen and oxygen atoms in total. The Morgan fingerprint density at radius 1 is 1.15 bits per heavy atom. The maximum absolute atomic E-state index is 15.0. The predicted octanol–water partition coefficient (Wildman–Crippen LogP) is 3.76. The van der Waals surface area contributed by atoms with Crippen LogP contribution in [0.25, 0.3) is 5.69 Å². The average Bonchev–Trinajstić information content (AvgIpc) is 3.50. The molecule has 0 spiro atoms. The Bertz CT molecular complexity index is 1140. The van der Waals surface area contributed by atoms with Crippen LogP contribution in [-0.2, 0) is 0 Å². The van der Waals surface area contributed by atoms with Gasteiger partial charge in [-0.3, -0.25) is 4.90 Å². The molecule has 3 N–H and O–H groups in total. The number of tetrazole rings is 1. The average molecular weight is 470 g/mol. The number of aromatic nitrogens is 6. The van der Waals surface area contributed by atoms with Gasteiger partial charge in [0, 0.05) is 29.7 Å². The van der Waals surface area contributed by atoms with Crippen LogP contribution in [0.3, 0.4) is 0 Å². The van der Waals surface area contributed by atoms with Gasteiger partial charge in [-0.15, -0.1) is 5.10 Å². The Balaban J connectivity index is 1.40. The lowest BCUT2D eigenvalue weighted by Crippen LogP contribution is -2.47. The number of anilines is 3. The van der Waals surface area contributed by atoms with E-state index in [1.165, 1.54) is 24.6 Å². The second-order valence-corrected chi connectivity index (χ2v) is 9.70. The zero-order valence-corrected chi connectivity index (χ0v) is 19.8. The van der Waals surface area contributed by atoms with Gasteiger partial charge in [0.25, 0.3) is 0 Å². The van der Waals surface area contributed by atoms with Crippen LogP contribution in [0.15, 0.2) is 29.4 Å². The normalized spacial score (nSPS) is 23.6. The number of thioether (sulfide) groups is 1. The molecule has 11 heteroatoms. The quantitative estimate of drug-likeness (QED) is 0.521. The van der Waals surface area contributed by atoms with Crippen LogP contribution >= 0.6 is 11.8 Å². The molecule has 2 atom stereocenters. The highest BCUT2D eigenvalue weighted by Gasteiger charge is 2.41. The summed E-state index contributed by atoms with van der Waals surface area (Å²) >= 11 is 1.45. The van der Waals surface area contributed by atoms with Crippen molar-refractivity contribution >= 4 is 29.2 Å². The zero-order valence-electron chi connectivity index (χ0n) is 18.9. The second-order valence-electron chi connectivity index (χ2n) is 8.93. The molecular weight excluding hydrogens is 441 g/mol. The van der Waals surface area contributed by atoms with Crippen LogP contribution in [0.1, 0.15) is 51.1 Å². The van der Waals surface area contributed by atoms with Crippen LogP contribution < -0.4 is 11.1 Å². The van der Waals surface area contributed by atoms with Gasteiger partial charge in [0.15, 0.2) is 11.6 Å². The number of piperidine rings is 1. The van der Waals surface area contributed by atoms with Crippen LogP contribution in [0.4, 0.5) is 21.8 Å². The van der Waals surface area contributed by atoms with Crippen molar-refractivity contribution in [1.82, 2.24) is 35.1 Å². The van der Waals surface area contributed by atoms with Crippen LogP contribution in [-0.4, -0.2) is 59.5 Å². The molecule has 3 heterocycles. The van der Waals surface area contributed by atoms with Crippen molar-refractivity contribution in [2.45, 2.75) is 68.7 Å². The summed E-state index contributed by atoms with van der Waals surface area (Å²) in [4.78, 5) is 11.3. The molecule has 1 saturated heterocycles. The highest BCUT2D eigenvalue weighted by molar-refractivity contribution is 7.98. The first-order valence-corrected chi connectivity index (χ1v) is 12.5. The molecule has 1 aliphatic carbocycles. The third kappa shape index (κ3) is 4.39. The Labute approximate surface area is 196 Å². The van der Waals surface area contributed by atoms with Crippen LogP contribution in [0, 0.1) is 5.82 Å². The number of halogens is 1. The lowest BCUT2D eigenvalue weighted by atomic mass is 9.84. The topological polar surface area (TPSA) is 111 Å². The largest absolute Gasteiger partial charge is 0.381 e. The summed E-state index contributed by atoms with van der Waals surface area (Å²) in [6, 6.07) is 9.02. The predicted molar refractivity (Wildman–Crippen MR) is 126 cm³/mol. The van der Waals surface area contributed by atoms with E-state index in [2.05, 4.69) is 49.6 Å². The first-order chi connectivity index (χ1) is 15.9. The number of nitrogens with zero attached hydrogens (tertiary/aromatic N) is 7. The summed E-state index contributed by atoms with van der Waals surface area (Å²) < 4.78 is 16.7. The third-order valence-electron chi connectivity index (χ3n) is 6.50. The Hall–Kier alpha value is -2.79. The van der Waals surface area contributed by atoms with Crippen LogP contribution in [0.2, 0.25) is 0 Å². The van der Waals surface area contributed by atoms with E-state index in [0.29, 0.717) is 29.0 Å². The van der Waals surface area contributed by atoms with E-state index in [4.69, 9.17) is 5.73 Å². The number of hydrogen-bond donors (Lipinski definition) is 2. The monoisotopic (exact) mass is 469 g/mol. The van der Waals surface area contributed by atoms with Gasteiger partial charge >= 0.3 is 0 Å². The first-order valence-electron chi connectivity index (χ1n) is 11.2. The third-order valence-corrected chi connectivity index (χ3v) is 7.12. The minimum Gasteiger partial charge on any atom is -0.381 e. The lowest BCUT2D eigenvalue weighted by molar-refractivity contribution is 0.0807. The fraction of sp³-hybridized carbons (Fsp3) is 0.500. The maximum atomic E-state index is 15.0. The van der Waals surface area contributed by atoms with Crippen LogP contribution in [0.5, 0.6) is 0 Å². The van der Waals surface area contributed by atoms with E-state index < -0.39 is 5.82 Å². The van der Waals surface area contributed by atoms with E-state index >= 15 is 4.39 Å². The number of benzene rings is 1. The van der Waals surface area contributed by atoms with Gasteiger partial charge in [-0.25, -0.2) is 9.37 Å². The first kappa shape index (κ1) is 22.0. The summed E-state index contributed by atoms with van der Waals surface area (Å²) in [5, 5.41) is 15.6. The molecule has 5 rings (SSSR count). The molecule has 174 valence electrons. The summed E-state index contributed by atoms with van der Waals surface area (Å²) in [6.07, 6.45) is 6.17. The highest BCUT2D eigenvalue weighted by atomic mass is 32.2. The summed E-state index contributed by atoms with van der Waals surface area (Å²) in [5.41, 5.74) is 7.90. The Kier molecular flexibility index (Phi) is 5.92. The van der Waals surface area contributed by atoms with Crippen molar-refractivity contribution in [3.05, 3.63) is 35.8 Å².